The van der Waals surface area contributed by atoms with Crippen LogP contribution in [0.15, 0.2) is 12.2 Å². The summed E-state index contributed by atoms with van der Waals surface area (Å²) in [5.74, 6) is -0.0390. The smallest absolute Gasteiger partial charge is 0.305 e. The lowest BCUT2D eigenvalue weighted by molar-refractivity contribution is -0.143. The molecule has 0 rings (SSSR count). The average Bonchev–Trinajstić information content (AvgIpc) is 2.23. The molecular weight excluding hydrogens is 188 g/mol. The lowest BCUT2D eigenvalue weighted by atomic mass is 10.2. The molecule has 0 saturated heterocycles. The topological polar surface area (TPSA) is 26.3 Å². The molecule has 0 bridgehead atoms. The number of esters is 1. The molecule has 0 aliphatic rings. The highest BCUT2D eigenvalue weighted by Crippen LogP contribution is 2.03. The number of hydrogen-bond acceptors (Lipinski definition) is 2. The van der Waals surface area contributed by atoms with Crippen LogP contribution in [0.1, 0.15) is 58.8 Å². The molecule has 0 atom stereocenters. The van der Waals surface area contributed by atoms with E-state index in [1.807, 2.05) is 0 Å². The van der Waals surface area contributed by atoms with Crippen molar-refractivity contribution in [2.24, 2.45) is 0 Å². The number of allylic oxidation sites excluding steroid dienone is 2. The summed E-state index contributed by atoms with van der Waals surface area (Å²) in [7, 11) is 0. The minimum atomic E-state index is -0.0390. The van der Waals surface area contributed by atoms with Gasteiger partial charge in [-0.25, -0.2) is 0 Å². The Balaban J connectivity index is 3.20. The highest BCUT2D eigenvalue weighted by atomic mass is 16.5. The van der Waals surface area contributed by atoms with Crippen LogP contribution in [0.2, 0.25) is 0 Å². The van der Waals surface area contributed by atoms with Crippen molar-refractivity contribution in [3.05, 3.63) is 12.2 Å². The first-order valence-electron chi connectivity index (χ1n) is 6.11. The van der Waals surface area contributed by atoms with Crippen LogP contribution in [0, 0.1) is 0 Å². The van der Waals surface area contributed by atoms with Gasteiger partial charge in [-0.15, -0.1) is 0 Å². The van der Waals surface area contributed by atoms with Crippen molar-refractivity contribution in [2.75, 3.05) is 6.61 Å². The Kier molecular flexibility index (Phi) is 10.7. The van der Waals surface area contributed by atoms with E-state index in [1.165, 1.54) is 0 Å². The summed E-state index contributed by atoms with van der Waals surface area (Å²) in [4.78, 5) is 11.2. The van der Waals surface area contributed by atoms with Crippen LogP contribution in [-0.4, -0.2) is 12.6 Å². The van der Waals surface area contributed by atoms with Gasteiger partial charge in [0.1, 0.15) is 0 Å². The van der Waals surface area contributed by atoms with E-state index in [4.69, 9.17) is 4.74 Å². The van der Waals surface area contributed by atoms with E-state index in [-0.39, 0.29) is 5.97 Å². The second-order valence-corrected chi connectivity index (χ2v) is 3.70. The van der Waals surface area contributed by atoms with Crippen LogP contribution in [-0.2, 0) is 9.53 Å². The monoisotopic (exact) mass is 212 g/mol. The fourth-order valence-corrected chi connectivity index (χ4v) is 1.22. The molecule has 0 radical (unpaired) electrons. The molecule has 0 aromatic heterocycles. The number of ether oxygens (including phenoxy) is 1. The predicted molar refractivity (Wildman–Crippen MR) is 63.8 cm³/mol. The molecule has 2 heteroatoms. The average molecular weight is 212 g/mol. The first kappa shape index (κ1) is 14.2. The normalized spacial score (nSPS) is 10.8. The summed E-state index contributed by atoms with van der Waals surface area (Å²) < 4.78 is 5.05. The Morgan fingerprint density at radius 2 is 1.93 bits per heavy atom. The molecule has 0 aliphatic heterocycles. The summed E-state index contributed by atoms with van der Waals surface area (Å²) in [6.45, 7) is 4.81. The van der Waals surface area contributed by atoms with Crippen molar-refractivity contribution in [1.29, 1.82) is 0 Å². The van der Waals surface area contributed by atoms with E-state index in [0.717, 1.165) is 38.5 Å². The first-order valence-corrected chi connectivity index (χ1v) is 6.11. The van der Waals surface area contributed by atoms with Gasteiger partial charge in [-0.3, -0.25) is 4.79 Å². The van der Waals surface area contributed by atoms with Crippen molar-refractivity contribution < 1.29 is 9.53 Å². The van der Waals surface area contributed by atoms with Crippen LogP contribution >= 0.6 is 0 Å². The fourth-order valence-electron chi connectivity index (χ4n) is 1.22. The highest BCUT2D eigenvalue weighted by molar-refractivity contribution is 5.69. The van der Waals surface area contributed by atoms with Crippen molar-refractivity contribution in [3.63, 3.8) is 0 Å². The minimum absolute atomic E-state index is 0.0390. The molecule has 0 fully saturated rings. The summed E-state index contributed by atoms with van der Waals surface area (Å²) in [6, 6.07) is 0. The van der Waals surface area contributed by atoms with Crippen molar-refractivity contribution >= 4 is 5.97 Å². The summed E-state index contributed by atoms with van der Waals surface area (Å²) in [5, 5.41) is 0. The number of carbonyl (C=O) groups is 1. The molecule has 0 aliphatic carbocycles. The second-order valence-electron chi connectivity index (χ2n) is 3.70. The molecule has 88 valence electrons. The van der Waals surface area contributed by atoms with Crippen molar-refractivity contribution in [3.8, 4) is 0 Å². The van der Waals surface area contributed by atoms with Gasteiger partial charge in [0.2, 0.25) is 0 Å². The Hall–Kier alpha value is -0.790. The molecule has 0 spiro atoms. The number of rotatable bonds is 9. The number of hydrogen-bond donors (Lipinski definition) is 0. The fraction of sp³-hybridized carbons (Fsp3) is 0.769. The quantitative estimate of drug-likeness (QED) is 0.329. The zero-order valence-corrected chi connectivity index (χ0v) is 10.1. The lowest BCUT2D eigenvalue weighted by Gasteiger charge is -2.02. The molecule has 0 amide bonds. The molecule has 0 saturated carbocycles. The molecule has 0 aromatic carbocycles. The van der Waals surface area contributed by atoms with Gasteiger partial charge < -0.3 is 4.74 Å². The third-order valence-electron chi connectivity index (χ3n) is 2.17. The minimum Gasteiger partial charge on any atom is -0.466 e. The van der Waals surface area contributed by atoms with E-state index in [9.17, 15) is 4.79 Å². The SMILES string of the molecule is CCC=CCCCCC(=O)OCCCC. The lowest BCUT2D eigenvalue weighted by Crippen LogP contribution is -2.05. The highest BCUT2D eigenvalue weighted by Gasteiger charge is 2.00. The van der Waals surface area contributed by atoms with Crippen LogP contribution < -0.4 is 0 Å². The van der Waals surface area contributed by atoms with Gasteiger partial charge in [-0.05, 0) is 32.1 Å². The summed E-state index contributed by atoms with van der Waals surface area (Å²) in [6.07, 6.45) is 11.2. The van der Waals surface area contributed by atoms with Gasteiger partial charge in [-0.1, -0.05) is 32.4 Å². The van der Waals surface area contributed by atoms with Crippen LogP contribution in [0.5, 0.6) is 0 Å². The Morgan fingerprint density at radius 1 is 1.13 bits per heavy atom. The van der Waals surface area contributed by atoms with Crippen LogP contribution in [0.3, 0.4) is 0 Å². The molecule has 15 heavy (non-hydrogen) atoms. The van der Waals surface area contributed by atoms with Crippen LogP contribution in [0.4, 0.5) is 0 Å². The maximum absolute atomic E-state index is 11.2. The summed E-state index contributed by atoms with van der Waals surface area (Å²) in [5.41, 5.74) is 0. The van der Waals surface area contributed by atoms with Gasteiger partial charge in [0.05, 0.1) is 6.61 Å². The van der Waals surface area contributed by atoms with Gasteiger partial charge in [0.25, 0.3) is 0 Å². The molecule has 0 heterocycles. The Labute approximate surface area is 93.7 Å². The molecule has 2 nitrogen and oxygen atoms in total. The van der Waals surface area contributed by atoms with Gasteiger partial charge in [-0.2, -0.15) is 0 Å². The van der Waals surface area contributed by atoms with Crippen molar-refractivity contribution in [1.82, 2.24) is 0 Å². The molecule has 0 aromatic rings. The van der Waals surface area contributed by atoms with Gasteiger partial charge in [0, 0.05) is 6.42 Å². The first-order chi connectivity index (χ1) is 7.31. The molecular formula is C13H24O2. The zero-order chi connectivity index (χ0) is 11.4. The Morgan fingerprint density at radius 3 is 2.60 bits per heavy atom. The standard InChI is InChI=1S/C13H24O2/c1-3-5-7-8-9-10-11-13(14)15-12-6-4-2/h5,7H,3-4,6,8-12H2,1-2H3. The number of carbonyl (C=O) groups excluding carboxylic acids is 1. The zero-order valence-electron chi connectivity index (χ0n) is 10.1. The van der Waals surface area contributed by atoms with Gasteiger partial charge in [0.15, 0.2) is 0 Å². The third kappa shape index (κ3) is 11.1. The van der Waals surface area contributed by atoms with Gasteiger partial charge >= 0.3 is 5.97 Å². The predicted octanol–water partition coefficient (Wildman–Crippen LogP) is 3.86. The van der Waals surface area contributed by atoms with Crippen molar-refractivity contribution in [2.45, 2.75) is 58.8 Å². The maximum Gasteiger partial charge on any atom is 0.305 e. The maximum atomic E-state index is 11.2. The van der Waals surface area contributed by atoms with E-state index in [2.05, 4.69) is 26.0 Å². The third-order valence-corrected chi connectivity index (χ3v) is 2.17. The number of unbranched alkanes of at least 4 members (excludes halogenated alkanes) is 3. The second kappa shape index (κ2) is 11.3. The molecule has 0 unspecified atom stereocenters. The summed E-state index contributed by atoms with van der Waals surface area (Å²) >= 11 is 0. The van der Waals surface area contributed by atoms with E-state index in [0.29, 0.717) is 13.0 Å². The van der Waals surface area contributed by atoms with Crippen LogP contribution in [0.25, 0.3) is 0 Å². The van der Waals surface area contributed by atoms with E-state index in [1.54, 1.807) is 0 Å². The van der Waals surface area contributed by atoms with E-state index < -0.39 is 0 Å². The Bertz CT molecular complexity index is 173. The largest absolute Gasteiger partial charge is 0.466 e. The van der Waals surface area contributed by atoms with E-state index >= 15 is 0 Å². The molecule has 0 N–H and O–H groups in total.